The average molecular weight is 389 g/mol. The second-order valence-electron chi connectivity index (χ2n) is 6.45. The molecule has 0 bridgehead atoms. The number of aromatic amines is 1. The lowest BCUT2D eigenvalue weighted by Gasteiger charge is -2.10. The lowest BCUT2D eigenvalue weighted by molar-refractivity contribution is 0.103. The second kappa shape index (κ2) is 7.80. The highest BCUT2D eigenvalue weighted by Gasteiger charge is 2.13. The highest BCUT2D eigenvalue weighted by molar-refractivity contribution is 7.12. The first-order valence-corrected chi connectivity index (χ1v) is 9.74. The van der Waals surface area contributed by atoms with Crippen LogP contribution in [-0.2, 0) is 6.61 Å². The van der Waals surface area contributed by atoms with Crippen molar-refractivity contribution in [3.8, 4) is 0 Å². The molecule has 0 aliphatic heterocycles. The van der Waals surface area contributed by atoms with Gasteiger partial charge in [0.15, 0.2) is 0 Å². The van der Waals surface area contributed by atoms with E-state index in [0.717, 1.165) is 33.3 Å². The van der Waals surface area contributed by atoms with E-state index in [0.29, 0.717) is 10.6 Å². The summed E-state index contributed by atoms with van der Waals surface area (Å²) in [5.74, 6) is -0.151. The van der Waals surface area contributed by atoms with Gasteiger partial charge in [-0.1, -0.05) is 36.4 Å². The number of aryl methyl sites for hydroxylation is 1. The number of benzene rings is 2. The summed E-state index contributed by atoms with van der Waals surface area (Å²) in [4.78, 5) is 13.3. The van der Waals surface area contributed by atoms with Gasteiger partial charge >= 0.3 is 0 Å². The van der Waals surface area contributed by atoms with Gasteiger partial charge < -0.3 is 10.4 Å². The smallest absolute Gasteiger partial charge is 0.266 e. The molecule has 5 nitrogen and oxygen atoms in total. The first-order valence-electron chi connectivity index (χ1n) is 8.86. The quantitative estimate of drug-likeness (QED) is 0.457. The first kappa shape index (κ1) is 18.2. The van der Waals surface area contributed by atoms with Crippen LogP contribution < -0.4 is 5.32 Å². The third-order valence-electron chi connectivity index (χ3n) is 4.54. The van der Waals surface area contributed by atoms with E-state index in [1.807, 2.05) is 66.9 Å². The minimum Gasteiger partial charge on any atom is -0.392 e. The Labute approximate surface area is 166 Å². The number of carbonyl (C=O) groups is 1. The zero-order valence-electron chi connectivity index (χ0n) is 15.3. The number of aliphatic hydroxyl groups is 1. The van der Waals surface area contributed by atoms with Crippen LogP contribution in [0.25, 0.3) is 23.1 Å². The zero-order chi connectivity index (χ0) is 19.5. The van der Waals surface area contributed by atoms with Crippen LogP contribution in [0.4, 0.5) is 5.69 Å². The molecule has 4 aromatic rings. The Bertz CT molecular complexity index is 1170. The van der Waals surface area contributed by atoms with Gasteiger partial charge in [-0.15, -0.1) is 11.3 Å². The Kier molecular flexibility index (Phi) is 5.06. The Morgan fingerprint density at radius 1 is 1.21 bits per heavy atom. The fraction of sp³-hybridized carbons (Fsp3) is 0.0909. The van der Waals surface area contributed by atoms with Gasteiger partial charge in [-0.25, -0.2) is 0 Å². The highest BCUT2D eigenvalue weighted by atomic mass is 32.1. The number of H-pyrrole nitrogens is 1. The third kappa shape index (κ3) is 3.60. The van der Waals surface area contributed by atoms with Crippen LogP contribution in [0, 0.1) is 6.92 Å². The fourth-order valence-corrected chi connectivity index (χ4v) is 3.84. The van der Waals surface area contributed by atoms with Crippen molar-refractivity contribution in [2.75, 3.05) is 5.32 Å². The summed E-state index contributed by atoms with van der Waals surface area (Å²) in [6.45, 7) is 1.83. The van der Waals surface area contributed by atoms with Crippen LogP contribution in [-0.4, -0.2) is 21.2 Å². The molecule has 0 radical (unpaired) electrons. The number of aromatic nitrogens is 2. The summed E-state index contributed by atoms with van der Waals surface area (Å²) in [6, 6.07) is 15.4. The van der Waals surface area contributed by atoms with Gasteiger partial charge in [-0.3, -0.25) is 9.89 Å². The third-order valence-corrected chi connectivity index (χ3v) is 5.55. The summed E-state index contributed by atoms with van der Waals surface area (Å²) >= 11 is 1.41. The number of amides is 1. The SMILES string of the molecule is Cc1ccsc1C(=O)Nc1cc(CO)ccc1C=Cc1n[nH]c2ccccc12. The van der Waals surface area contributed by atoms with Gasteiger partial charge in [0.1, 0.15) is 0 Å². The Morgan fingerprint density at radius 3 is 2.86 bits per heavy atom. The van der Waals surface area contributed by atoms with Gasteiger partial charge in [0.05, 0.1) is 22.7 Å². The number of carbonyl (C=O) groups excluding carboxylic acids is 1. The number of thiophene rings is 1. The molecule has 6 heteroatoms. The standard InChI is InChI=1S/C22H19N3O2S/c1-14-10-11-28-21(14)22(27)23-20-12-15(13-26)6-7-16(20)8-9-19-17-4-2-3-5-18(17)24-25-19/h2-12,26H,13H2,1H3,(H,23,27)(H,24,25). The van der Waals surface area contributed by atoms with E-state index in [-0.39, 0.29) is 12.5 Å². The number of aliphatic hydroxyl groups excluding tert-OH is 1. The van der Waals surface area contributed by atoms with E-state index < -0.39 is 0 Å². The summed E-state index contributed by atoms with van der Waals surface area (Å²) < 4.78 is 0. The van der Waals surface area contributed by atoms with Crippen LogP contribution in [0.5, 0.6) is 0 Å². The monoisotopic (exact) mass is 389 g/mol. The predicted octanol–water partition coefficient (Wildman–Crippen LogP) is 4.85. The Hall–Kier alpha value is -3.22. The van der Waals surface area contributed by atoms with E-state index in [1.54, 1.807) is 6.07 Å². The molecule has 28 heavy (non-hydrogen) atoms. The maximum absolute atomic E-state index is 12.7. The Morgan fingerprint density at radius 2 is 2.07 bits per heavy atom. The molecule has 0 aliphatic carbocycles. The molecule has 0 saturated heterocycles. The average Bonchev–Trinajstić information content (AvgIpc) is 3.33. The number of para-hydroxylation sites is 1. The summed E-state index contributed by atoms with van der Waals surface area (Å²) in [6.07, 6.45) is 3.83. The van der Waals surface area contributed by atoms with Crippen LogP contribution in [0.1, 0.15) is 32.1 Å². The molecule has 2 heterocycles. The van der Waals surface area contributed by atoms with Gasteiger partial charge in [-0.05, 0) is 53.3 Å². The van der Waals surface area contributed by atoms with Crippen molar-refractivity contribution in [3.05, 3.63) is 81.2 Å². The molecule has 0 unspecified atom stereocenters. The first-order chi connectivity index (χ1) is 13.7. The summed E-state index contributed by atoms with van der Waals surface area (Å²) in [5, 5.41) is 22.7. The van der Waals surface area contributed by atoms with Crippen molar-refractivity contribution in [2.24, 2.45) is 0 Å². The normalized spacial score (nSPS) is 11.4. The topological polar surface area (TPSA) is 78.0 Å². The minimum atomic E-state index is -0.151. The minimum absolute atomic E-state index is 0.0884. The van der Waals surface area contributed by atoms with E-state index in [4.69, 9.17) is 0 Å². The maximum atomic E-state index is 12.7. The lowest BCUT2D eigenvalue weighted by atomic mass is 10.1. The Balaban J connectivity index is 1.67. The van der Waals surface area contributed by atoms with Crippen molar-refractivity contribution in [1.29, 1.82) is 0 Å². The van der Waals surface area contributed by atoms with Crippen LogP contribution >= 0.6 is 11.3 Å². The molecule has 140 valence electrons. The van der Waals surface area contributed by atoms with Crippen LogP contribution in [0.2, 0.25) is 0 Å². The van der Waals surface area contributed by atoms with E-state index in [9.17, 15) is 9.90 Å². The molecule has 0 spiro atoms. The molecule has 0 saturated carbocycles. The number of rotatable bonds is 5. The van der Waals surface area contributed by atoms with E-state index >= 15 is 0 Å². The molecule has 0 atom stereocenters. The van der Waals surface area contributed by atoms with Crippen LogP contribution in [0.3, 0.4) is 0 Å². The molecular formula is C22H19N3O2S. The summed E-state index contributed by atoms with van der Waals surface area (Å²) in [7, 11) is 0. The zero-order valence-corrected chi connectivity index (χ0v) is 16.1. The largest absolute Gasteiger partial charge is 0.392 e. The number of hydrogen-bond donors (Lipinski definition) is 3. The summed E-state index contributed by atoms with van der Waals surface area (Å²) in [5.41, 5.74) is 4.97. The van der Waals surface area contributed by atoms with Gasteiger partial charge in [0.25, 0.3) is 5.91 Å². The second-order valence-corrected chi connectivity index (χ2v) is 7.37. The fourth-order valence-electron chi connectivity index (χ4n) is 3.02. The van der Waals surface area contributed by atoms with Crippen molar-refractivity contribution in [3.63, 3.8) is 0 Å². The van der Waals surface area contributed by atoms with Crippen molar-refractivity contribution >= 4 is 46.0 Å². The van der Waals surface area contributed by atoms with Gasteiger partial charge in [-0.2, -0.15) is 5.10 Å². The van der Waals surface area contributed by atoms with Crippen molar-refractivity contribution in [1.82, 2.24) is 10.2 Å². The number of nitrogens with one attached hydrogen (secondary N) is 2. The van der Waals surface area contributed by atoms with Gasteiger partial charge in [0, 0.05) is 11.1 Å². The molecule has 0 aliphatic rings. The molecule has 0 fully saturated rings. The highest BCUT2D eigenvalue weighted by Crippen LogP contribution is 2.25. The van der Waals surface area contributed by atoms with Crippen molar-refractivity contribution < 1.29 is 9.90 Å². The van der Waals surface area contributed by atoms with Crippen molar-refractivity contribution in [2.45, 2.75) is 13.5 Å². The van der Waals surface area contributed by atoms with Crippen LogP contribution in [0.15, 0.2) is 53.9 Å². The number of hydrogen-bond acceptors (Lipinski definition) is 4. The van der Waals surface area contributed by atoms with Gasteiger partial charge in [0.2, 0.25) is 0 Å². The molecule has 2 aromatic carbocycles. The number of anilines is 1. The molecule has 2 aromatic heterocycles. The molecular weight excluding hydrogens is 370 g/mol. The molecule has 1 amide bonds. The molecule has 4 rings (SSSR count). The number of nitrogens with zero attached hydrogens (tertiary/aromatic N) is 1. The lowest BCUT2D eigenvalue weighted by Crippen LogP contribution is -2.12. The molecule has 3 N–H and O–H groups in total. The van der Waals surface area contributed by atoms with E-state index in [1.165, 1.54) is 11.3 Å². The maximum Gasteiger partial charge on any atom is 0.266 e. The van der Waals surface area contributed by atoms with E-state index in [2.05, 4.69) is 15.5 Å². The number of fused-ring (bicyclic) bond motifs is 1. The predicted molar refractivity (Wildman–Crippen MR) is 114 cm³/mol.